The van der Waals surface area contributed by atoms with Crippen LogP contribution in [0.3, 0.4) is 0 Å². The van der Waals surface area contributed by atoms with Gasteiger partial charge >= 0.3 is 13.1 Å². The van der Waals surface area contributed by atoms with Crippen molar-refractivity contribution in [1.29, 1.82) is 0 Å². The Hall–Kier alpha value is -1.12. The van der Waals surface area contributed by atoms with E-state index in [0.717, 1.165) is 25.8 Å². The minimum atomic E-state index is -1.35. The van der Waals surface area contributed by atoms with E-state index in [9.17, 15) is 14.7 Å². The fraction of sp³-hybridized carbons (Fsp3) is 0.857. The van der Waals surface area contributed by atoms with Gasteiger partial charge in [-0.2, -0.15) is 0 Å². The van der Waals surface area contributed by atoms with Crippen molar-refractivity contribution in [3.8, 4) is 0 Å². The first-order valence-corrected chi connectivity index (χ1v) is 8.10. The number of hydrogen-bond acceptors (Lipinski definition) is 5. The summed E-state index contributed by atoms with van der Waals surface area (Å²) < 4.78 is 0. The fourth-order valence-corrected chi connectivity index (χ4v) is 3.47. The van der Waals surface area contributed by atoms with E-state index < -0.39 is 19.0 Å². The second kappa shape index (κ2) is 7.94. The summed E-state index contributed by atoms with van der Waals surface area (Å²) in [5.41, 5.74) is 0. The Morgan fingerprint density at radius 1 is 1.23 bits per heavy atom. The molecule has 124 valence electrons. The molecule has 0 spiro atoms. The molecular weight excluding hydrogens is 287 g/mol. The average molecular weight is 312 g/mol. The topological polar surface area (TPSA) is 110 Å². The number of nitrogens with one attached hydrogen (secondary N) is 1. The van der Waals surface area contributed by atoms with Crippen molar-refractivity contribution in [2.45, 2.75) is 44.5 Å². The predicted molar refractivity (Wildman–Crippen MR) is 81.1 cm³/mol. The second-order valence-electron chi connectivity index (χ2n) is 6.36. The maximum atomic E-state index is 12.5. The first kappa shape index (κ1) is 17.2. The van der Waals surface area contributed by atoms with Crippen molar-refractivity contribution in [3.63, 3.8) is 0 Å². The van der Waals surface area contributed by atoms with Gasteiger partial charge in [0, 0.05) is 13.1 Å². The van der Waals surface area contributed by atoms with Crippen LogP contribution in [0.2, 0.25) is 6.32 Å². The molecule has 1 unspecified atom stereocenters. The summed E-state index contributed by atoms with van der Waals surface area (Å²) in [6.45, 7) is 1.55. The maximum Gasteiger partial charge on any atom is 0.451 e. The lowest BCUT2D eigenvalue weighted by Crippen LogP contribution is -2.48. The molecule has 7 nitrogen and oxygen atoms in total. The quantitative estimate of drug-likeness (QED) is 0.494. The number of carbonyl (C=O) groups is 2. The Balaban J connectivity index is 1.91. The lowest BCUT2D eigenvalue weighted by Gasteiger charge is -2.27. The van der Waals surface area contributed by atoms with Crippen molar-refractivity contribution in [2.75, 3.05) is 19.6 Å². The van der Waals surface area contributed by atoms with Gasteiger partial charge in [0.1, 0.15) is 0 Å². The first-order valence-electron chi connectivity index (χ1n) is 8.10. The van der Waals surface area contributed by atoms with Crippen LogP contribution in [0.4, 0.5) is 0 Å². The number of nitrogens with zero attached hydrogens (tertiary/aromatic N) is 1. The van der Waals surface area contributed by atoms with Gasteiger partial charge in [-0.15, -0.1) is 0 Å². The largest absolute Gasteiger partial charge is 0.481 e. The van der Waals surface area contributed by atoms with Crippen LogP contribution in [-0.4, -0.2) is 64.7 Å². The highest BCUT2D eigenvalue weighted by Gasteiger charge is 2.40. The van der Waals surface area contributed by atoms with Gasteiger partial charge in [-0.25, -0.2) is 0 Å². The molecule has 0 bridgehead atoms. The Morgan fingerprint density at radius 2 is 2.00 bits per heavy atom. The number of carbonyl (C=O) groups excluding carboxylic acids is 1. The number of hydrogen-bond donors (Lipinski definition) is 4. The molecule has 2 saturated heterocycles. The number of amides is 1. The van der Waals surface area contributed by atoms with Gasteiger partial charge < -0.3 is 25.4 Å². The van der Waals surface area contributed by atoms with Crippen LogP contribution in [0.5, 0.6) is 0 Å². The minimum Gasteiger partial charge on any atom is -0.481 e. The van der Waals surface area contributed by atoms with Gasteiger partial charge in [-0.05, 0) is 38.0 Å². The average Bonchev–Trinajstić information content (AvgIpc) is 2.91. The summed E-state index contributed by atoms with van der Waals surface area (Å²) in [6.07, 6.45) is 4.30. The van der Waals surface area contributed by atoms with Gasteiger partial charge in [-0.3, -0.25) is 9.59 Å². The monoisotopic (exact) mass is 312 g/mol. The van der Waals surface area contributed by atoms with Crippen LogP contribution in [0.25, 0.3) is 0 Å². The number of carboxylic acid groups (broad SMARTS) is 1. The van der Waals surface area contributed by atoms with E-state index in [-0.39, 0.29) is 30.7 Å². The van der Waals surface area contributed by atoms with Crippen LogP contribution in [0.15, 0.2) is 0 Å². The molecule has 0 aromatic carbocycles. The number of carboxylic acids is 1. The number of piperidine rings is 1. The van der Waals surface area contributed by atoms with Crippen molar-refractivity contribution in [2.24, 2.45) is 11.8 Å². The Morgan fingerprint density at radius 3 is 2.59 bits per heavy atom. The molecule has 0 aromatic heterocycles. The Kier molecular flexibility index (Phi) is 6.22. The highest BCUT2D eigenvalue weighted by Crippen LogP contribution is 2.29. The highest BCUT2D eigenvalue weighted by atomic mass is 16.4. The first-order chi connectivity index (χ1) is 10.5. The molecule has 1 amide bonds. The summed E-state index contributed by atoms with van der Waals surface area (Å²) >= 11 is 0. The lowest BCUT2D eigenvalue weighted by atomic mass is 9.80. The van der Waals surface area contributed by atoms with Crippen LogP contribution in [0, 0.1) is 11.8 Å². The normalized spacial score (nSPS) is 28.6. The maximum absolute atomic E-state index is 12.5. The van der Waals surface area contributed by atoms with Crippen molar-refractivity contribution < 1.29 is 24.7 Å². The molecule has 8 heteroatoms. The highest BCUT2D eigenvalue weighted by molar-refractivity contribution is 6.40. The molecule has 22 heavy (non-hydrogen) atoms. The lowest BCUT2D eigenvalue weighted by molar-refractivity contribution is -0.142. The minimum absolute atomic E-state index is 0.00985. The summed E-state index contributed by atoms with van der Waals surface area (Å²) in [5.74, 6) is -1.52. The summed E-state index contributed by atoms with van der Waals surface area (Å²) in [4.78, 5) is 25.6. The van der Waals surface area contributed by atoms with E-state index in [1.807, 2.05) is 0 Å². The molecule has 0 aliphatic carbocycles. The van der Waals surface area contributed by atoms with Crippen LogP contribution < -0.4 is 5.32 Å². The smallest absolute Gasteiger partial charge is 0.451 e. The van der Waals surface area contributed by atoms with Crippen molar-refractivity contribution >= 4 is 19.0 Å². The molecule has 0 saturated carbocycles. The van der Waals surface area contributed by atoms with Gasteiger partial charge in [0.25, 0.3) is 0 Å². The standard InChI is InChI=1S/C14H25BN2O5/c18-13(12-5-1-2-7-16-12)17-8-10(4-3-6-15(21)22)11(9-17)14(19)20/h10-12,16,21-22H,1-9H2,(H,19,20)/t10-,11+,12?/m0/s1. The number of likely N-dealkylation sites (tertiary alicyclic amines) is 1. The van der Waals surface area contributed by atoms with Gasteiger partial charge in [0.2, 0.25) is 5.91 Å². The third-order valence-corrected chi connectivity index (χ3v) is 4.72. The zero-order chi connectivity index (χ0) is 16.1. The SMILES string of the molecule is O=C(O)[C@@H]1CN(C(=O)C2CCCCN2)C[C@@H]1CCCB(O)O. The van der Waals surface area contributed by atoms with E-state index in [4.69, 9.17) is 10.0 Å². The van der Waals surface area contributed by atoms with E-state index in [1.165, 1.54) is 0 Å². The molecule has 2 aliphatic heterocycles. The van der Waals surface area contributed by atoms with Crippen LogP contribution >= 0.6 is 0 Å². The summed E-state index contributed by atoms with van der Waals surface area (Å²) in [5, 5.41) is 30.3. The Bertz CT molecular complexity index is 401. The second-order valence-corrected chi connectivity index (χ2v) is 6.36. The fourth-order valence-electron chi connectivity index (χ4n) is 3.47. The van der Waals surface area contributed by atoms with Gasteiger partial charge in [0.05, 0.1) is 12.0 Å². The third kappa shape index (κ3) is 4.44. The molecule has 2 heterocycles. The molecule has 2 fully saturated rings. The van der Waals surface area contributed by atoms with Crippen LogP contribution in [0.1, 0.15) is 32.1 Å². The molecule has 2 aliphatic rings. The van der Waals surface area contributed by atoms with Crippen molar-refractivity contribution in [3.05, 3.63) is 0 Å². The zero-order valence-electron chi connectivity index (χ0n) is 12.8. The van der Waals surface area contributed by atoms with E-state index in [0.29, 0.717) is 19.4 Å². The molecule has 0 radical (unpaired) electrons. The molecule has 3 atom stereocenters. The number of aliphatic carboxylic acids is 1. The van der Waals surface area contributed by atoms with E-state index in [1.54, 1.807) is 4.90 Å². The van der Waals surface area contributed by atoms with Crippen LogP contribution in [-0.2, 0) is 9.59 Å². The zero-order valence-corrected chi connectivity index (χ0v) is 12.8. The van der Waals surface area contributed by atoms with E-state index >= 15 is 0 Å². The molecule has 4 N–H and O–H groups in total. The summed E-state index contributed by atoms with van der Waals surface area (Å²) in [7, 11) is -1.35. The molecule has 0 aromatic rings. The van der Waals surface area contributed by atoms with E-state index in [2.05, 4.69) is 5.32 Å². The third-order valence-electron chi connectivity index (χ3n) is 4.72. The number of rotatable bonds is 6. The molecular formula is C14H25BN2O5. The summed E-state index contributed by atoms with van der Waals surface area (Å²) in [6, 6.07) is -0.179. The van der Waals surface area contributed by atoms with Gasteiger partial charge in [-0.1, -0.05) is 12.8 Å². The molecule has 2 rings (SSSR count). The van der Waals surface area contributed by atoms with Crippen molar-refractivity contribution in [1.82, 2.24) is 10.2 Å². The van der Waals surface area contributed by atoms with Gasteiger partial charge in [0.15, 0.2) is 0 Å². The Labute approximate surface area is 130 Å². The predicted octanol–water partition coefficient (Wildman–Crippen LogP) is -0.459.